The van der Waals surface area contributed by atoms with E-state index < -0.39 is 0 Å². The number of hydrogen-bond donors (Lipinski definition) is 2. The van der Waals surface area contributed by atoms with Crippen LogP contribution in [0.1, 0.15) is 13.8 Å². The molecule has 1 aromatic rings. The summed E-state index contributed by atoms with van der Waals surface area (Å²) in [5.41, 5.74) is 9.20. The van der Waals surface area contributed by atoms with Crippen LogP contribution >= 0.6 is 0 Å². The summed E-state index contributed by atoms with van der Waals surface area (Å²) in [5.74, 6) is 0. The van der Waals surface area contributed by atoms with Gasteiger partial charge in [-0.15, -0.1) is 0 Å². The molecule has 0 bridgehead atoms. The number of nitrogens with zero attached hydrogens (tertiary/aromatic N) is 1. The quantitative estimate of drug-likeness (QED) is 0.740. The van der Waals surface area contributed by atoms with E-state index in [1.807, 2.05) is 51.2 Å². The van der Waals surface area contributed by atoms with Crippen LogP contribution in [0.2, 0.25) is 0 Å². The molecule has 3 nitrogen and oxygen atoms in total. The van der Waals surface area contributed by atoms with Gasteiger partial charge in [0.15, 0.2) is 0 Å². The summed E-state index contributed by atoms with van der Waals surface area (Å²) in [6.07, 6.45) is 0. The predicted octanol–water partition coefficient (Wildman–Crippen LogP) is 2.19. The number of nitrogens with one attached hydrogen (secondary N) is 1. The van der Waals surface area contributed by atoms with Gasteiger partial charge in [0.1, 0.15) is 0 Å². The van der Waals surface area contributed by atoms with Crippen LogP contribution in [0.25, 0.3) is 0 Å². The maximum atomic E-state index is 5.74. The van der Waals surface area contributed by atoms with E-state index in [1.54, 1.807) is 0 Å². The third kappa shape index (κ3) is 3.13. The number of nitrogens with two attached hydrogens (primary N) is 1. The van der Waals surface area contributed by atoms with E-state index in [0.29, 0.717) is 0 Å². The number of rotatable bonds is 3. The third-order valence-corrected chi connectivity index (χ3v) is 2.06. The molecular weight excluding hydrogens is 186 g/mol. The summed E-state index contributed by atoms with van der Waals surface area (Å²) < 4.78 is 0. The highest BCUT2D eigenvalue weighted by molar-refractivity contribution is 5.99. The van der Waals surface area contributed by atoms with Crippen molar-refractivity contribution < 1.29 is 0 Å². The number of aliphatic imine (C=N–C) groups is 1. The zero-order valence-electron chi connectivity index (χ0n) is 9.41. The SMILES string of the molecule is CNC(C(C)=Nc1ccccc1)=C(C)N. The van der Waals surface area contributed by atoms with Crippen molar-refractivity contribution in [2.24, 2.45) is 10.7 Å². The van der Waals surface area contributed by atoms with Crippen LogP contribution in [0.4, 0.5) is 5.69 Å². The molecular formula is C12H17N3. The molecule has 1 rings (SSSR count). The lowest BCUT2D eigenvalue weighted by Gasteiger charge is -2.08. The van der Waals surface area contributed by atoms with E-state index in [2.05, 4.69) is 10.3 Å². The van der Waals surface area contributed by atoms with Gasteiger partial charge in [-0.3, -0.25) is 4.99 Å². The van der Waals surface area contributed by atoms with Gasteiger partial charge in [0, 0.05) is 12.7 Å². The second kappa shape index (κ2) is 5.20. The third-order valence-electron chi connectivity index (χ3n) is 2.06. The van der Waals surface area contributed by atoms with Gasteiger partial charge < -0.3 is 11.1 Å². The summed E-state index contributed by atoms with van der Waals surface area (Å²) >= 11 is 0. The van der Waals surface area contributed by atoms with Crippen LogP contribution in [-0.2, 0) is 0 Å². The van der Waals surface area contributed by atoms with Crippen LogP contribution in [0.3, 0.4) is 0 Å². The monoisotopic (exact) mass is 203 g/mol. The highest BCUT2D eigenvalue weighted by atomic mass is 14.9. The molecule has 0 radical (unpaired) electrons. The number of para-hydroxylation sites is 1. The molecule has 0 heterocycles. The second-order valence-corrected chi connectivity index (χ2v) is 3.34. The first-order valence-corrected chi connectivity index (χ1v) is 4.90. The Bertz CT molecular complexity index is 373. The van der Waals surface area contributed by atoms with E-state index in [4.69, 9.17) is 5.73 Å². The first kappa shape index (κ1) is 11.3. The molecule has 3 heteroatoms. The predicted molar refractivity (Wildman–Crippen MR) is 65.2 cm³/mol. The van der Waals surface area contributed by atoms with Crippen LogP contribution in [0.15, 0.2) is 46.7 Å². The summed E-state index contributed by atoms with van der Waals surface area (Å²) in [4.78, 5) is 4.47. The van der Waals surface area contributed by atoms with Gasteiger partial charge in [0.25, 0.3) is 0 Å². The summed E-state index contributed by atoms with van der Waals surface area (Å²) in [6, 6.07) is 9.82. The van der Waals surface area contributed by atoms with Gasteiger partial charge in [-0.2, -0.15) is 0 Å². The lowest BCUT2D eigenvalue weighted by molar-refractivity contribution is 1.01. The fourth-order valence-corrected chi connectivity index (χ4v) is 1.42. The van der Waals surface area contributed by atoms with Crippen LogP contribution in [0, 0.1) is 0 Å². The van der Waals surface area contributed by atoms with Gasteiger partial charge in [-0.25, -0.2) is 0 Å². The Kier molecular flexibility index (Phi) is 3.92. The number of allylic oxidation sites excluding steroid dienone is 2. The molecule has 0 saturated heterocycles. The first-order chi connectivity index (χ1) is 7.15. The maximum Gasteiger partial charge on any atom is 0.0741 e. The summed E-state index contributed by atoms with van der Waals surface area (Å²) in [6.45, 7) is 3.80. The number of hydrogen-bond acceptors (Lipinski definition) is 3. The summed E-state index contributed by atoms with van der Waals surface area (Å²) in [5, 5.41) is 3.05. The average molecular weight is 203 g/mol. The Morgan fingerprint density at radius 3 is 2.27 bits per heavy atom. The molecule has 0 amide bonds. The molecule has 0 atom stereocenters. The molecule has 1 aromatic carbocycles. The van der Waals surface area contributed by atoms with Crippen LogP contribution in [-0.4, -0.2) is 12.8 Å². The lowest BCUT2D eigenvalue weighted by Crippen LogP contribution is -2.18. The second-order valence-electron chi connectivity index (χ2n) is 3.34. The molecule has 0 saturated carbocycles. The normalized spacial score (nSPS) is 13.4. The molecule has 0 spiro atoms. The van der Waals surface area contributed by atoms with E-state index in [-0.39, 0.29) is 0 Å². The molecule has 0 aromatic heterocycles. The van der Waals surface area contributed by atoms with E-state index in [9.17, 15) is 0 Å². The highest BCUT2D eigenvalue weighted by Crippen LogP contribution is 2.12. The molecule has 0 unspecified atom stereocenters. The van der Waals surface area contributed by atoms with Crippen molar-refractivity contribution >= 4 is 11.4 Å². The van der Waals surface area contributed by atoms with Gasteiger partial charge in [0.2, 0.25) is 0 Å². The van der Waals surface area contributed by atoms with E-state index in [0.717, 1.165) is 22.8 Å². The first-order valence-electron chi connectivity index (χ1n) is 4.90. The molecule has 0 aliphatic carbocycles. The Labute approximate surface area is 90.7 Å². The smallest absolute Gasteiger partial charge is 0.0741 e. The minimum Gasteiger partial charge on any atom is -0.401 e. The van der Waals surface area contributed by atoms with Crippen molar-refractivity contribution in [1.29, 1.82) is 0 Å². The summed E-state index contributed by atoms with van der Waals surface area (Å²) in [7, 11) is 1.84. The van der Waals surface area contributed by atoms with Gasteiger partial charge in [0.05, 0.1) is 17.1 Å². The minimum atomic E-state index is 0.745. The zero-order valence-corrected chi connectivity index (χ0v) is 9.41. The van der Waals surface area contributed by atoms with Crippen molar-refractivity contribution in [3.63, 3.8) is 0 Å². The molecule has 3 N–H and O–H groups in total. The highest BCUT2D eigenvalue weighted by Gasteiger charge is 2.01. The average Bonchev–Trinajstić information content (AvgIpc) is 2.19. The van der Waals surface area contributed by atoms with Crippen LogP contribution in [0.5, 0.6) is 0 Å². The van der Waals surface area contributed by atoms with Crippen molar-refractivity contribution in [3.8, 4) is 0 Å². The fraction of sp³-hybridized carbons (Fsp3) is 0.250. The Morgan fingerprint density at radius 1 is 1.20 bits per heavy atom. The van der Waals surface area contributed by atoms with E-state index >= 15 is 0 Å². The van der Waals surface area contributed by atoms with Crippen molar-refractivity contribution in [2.75, 3.05) is 7.05 Å². The molecule has 0 aliphatic rings. The number of benzene rings is 1. The standard InChI is InChI=1S/C12H17N3/c1-9(13)12(14-3)10(2)15-11-7-5-4-6-8-11/h4-8,14H,13H2,1-3H3. The minimum absolute atomic E-state index is 0.745. The Morgan fingerprint density at radius 2 is 1.80 bits per heavy atom. The van der Waals surface area contributed by atoms with Gasteiger partial charge >= 0.3 is 0 Å². The molecule has 0 aliphatic heterocycles. The largest absolute Gasteiger partial charge is 0.401 e. The fourth-order valence-electron chi connectivity index (χ4n) is 1.42. The van der Waals surface area contributed by atoms with Crippen LogP contribution < -0.4 is 11.1 Å². The molecule has 15 heavy (non-hydrogen) atoms. The zero-order chi connectivity index (χ0) is 11.3. The topological polar surface area (TPSA) is 50.4 Å². The van der Waals surface area contributed by atoms with Crippen molar-refractivity contribution in [1.82, 2.24) is 5.32 Å². The lowest BCUT2D eigenvalue weighted by atomic mass is 10.2. The Hall–Kier alpha value is -1.77. The maximum absolute atomic E-state index is 5.74. The van der Waals surface area contributed by atoms with Crippen molar-refractivity contribution in [2.45, 2.75) is 13.8 Å². The van der Waals surface area contributed by atoms with Crippen molar-refractivity contribution in [3.05, 3.63) is 41.7 Å². The molecule has 0 fully saturated rings. The van der Waals surface area contributed by atoms with Gasteiger partial charge in [-0.05, 0) is 26.0 Å². The van der Waals surface area contributed by atoms with Gasteiger partial charge in [-0.1, -0.05) is 18.2 Å². The Balaban J connectivity index is 2.99. The molecule has 80 valence electrons. The van der Waals surface area contributed by atoms with E-state index in [1.165, 1.54) is 0 Å².